The van der Waals surface area contributed by atoms with Gasteiger partial charge in [0.1, 0.15) is 15.6 Å². The number of thiazole rings is 2. The zero-order chi connectivity index (χ0) is 18.7. The average Bonchev–Trinajstić information content (AvgIpc) is 3.34. The van der Waals surface area contributed by atoms with Crippen molar-refractivity contribution in [1.82, 2.24) is 20.2 Å². The molecule has 0 bridgehead atoms. The first-order valence-electron chi connectivity index (χ1n) is 8.56. The van der Waals surface area contributed by atoms with Crippen molar-refractivity contribution < 1.29 is 14.7 Å². The fourth-order valence-corrected chi connectivity index (χ4v) is 4.26. The van der Waals surface area contributed by atoms with E-state index in [2.05, 4.69) is 29.1 Å². The van der Waals surface area contributed by atoms with E-state index >= 15 is 0 Å². The summed E-state index contributed by atoms with van der Waals surface area (Å²) in [6.07, 6.45) is 2.42. The van der Waals surface area contributed by atoms with Crippen LogP contribution in [-0.2, 0) is 0 Å². The summed E-state index contributed by atoms with van der Waals surface area (Å²) in [6.45, 7) is 5.06. The number of carbonyl (C=O) groups excluding carboxylic acids is 2. The van der Waals surface area contributed by atoms with Crippen LogP contribution >= 0.6 is 22.7 Å². The van der Waals surface area contributed by atoms with Crippen LogP contribution in [-0.4, -0.2) is 51.0 Å². The van der Waals surface area contributed by atoms with Gasteiger partial charge in [0.15, 0.2) is 0 Å². The minimum atomic E-state index is -0.454. The third kappa shape index (κ3) is 4.46. The predicted molar refractivity (Wildman–Crippen MR) is 100 cm³/mol. The fourth-order valence-electron chi connectivity index (χ4n) is 2.88. The lowest BCUT2D eigenvalue weighted by Gasteiger charge is -2.18. The minimum absolute atomic E-state index is 0.166. The molecule has 140 valence electrons. The van der Waals surface area contributed by atoms with Crippen LogP contribution in [0.4, 0.5) is 0 Å². The quantitative estimate of drug-likeness (QED) is 0.784. The summed E-state index contributed by atoms with van der Waals surface area (Å²) in [5, 5.41) is 15.1. The smallest absolute Gasteiger partial charge is 0.273 e. The third-order valence-electron chi connectivity index (χ3n) is 4.16. The largest absolute Gasteiger partial charge is 0.391 e. The van der Waals surface area contributed by atoms with E-state index < -0.39 is 6.10 Å². The highest BCUT2D eigenvalue weighted by Gasteiger charge is 2.28. The molecule has 2 atom stereocenters. The van der Waals surface area contributed by atoms with Gasteiger partial charge >= 0.3 is 0 Å². The van der Waals surface area contributed by atoms with Gasteiger partial charge in [-0.1, -0.05) is 13.8 Å². The second-order valence-corrected chi connectivity index (χ2v) is 8.56. The van der Waals surface area contributed by atoms with Crippen molar-refractivity contribution in [3.63, 3.8) is 0 Å². The second kappa shape index (κ2) is 8.24. The molecule has 1 fully saturated rings. The second-order valence-electron chi connectivity index (χ2n) is 6.79. The van der Waals surface area contributed by atoms with E-state index in [0.29, 0.717) is 36.0 Å². The average molecular weight is 395 g/mol. The summed E-state index contributed by atoms with van der Waals surface area (Å²) in [5.41, 5.74) is 2.00. The van der Waals surface area contributed by atoms with E-state index in [4.69, 9.17) is 0 Å². The van der Waals surface area contributed by atoms with Crippen molar-refractivity contribution in [2.24, 2.45) is 5.92 Å². The van der Waals surface area contributed by atoms with Crippen molar-refractivity contribution >= 4 is 34.5 Å². The van der Waals surface area contributed by atoms with Crippen LogP contribution in [0.15, 0.2) is 17.1 Å². The molecule has 0 aromatic carbocycles. The molecule has 2 aromatic rings. The Hall–Kier alpha value is -1.84. The van der Waals surface area contributed by atoms with E-state index in [-0.39, 0.29) is 17.9 Å². The Morgan fingerprint density at radius 3 is 2.85 bits per heavy atom. The summed E-state index contributed by atoms with van der Waals surface area (Å²) in [6, 6.07) is -0.250. The Morgan fingerprint density at radius 1 is 1.42 bits per heavy atom. The molecule has 0 radical (unpaired) electrons. The number of aromatic nitrogens is 2. The number of rotatable bonds is 6. The molecule has 1 saturated heterocycles. The number of β-amino-alcohol motifs (C(OH)–C–C–N with tert-alkyl or cyclic N) is 1. The molecule has 1 aliphatic heterocycles. The number of nitrogens with one attached hydrogen (secondary N) is 1. The van der Waals surface area contributed by atoms with Crippen LogP contribution in [0.1, 0.15) is 57.9 Å². The van der Waals surface area contributed by atoms with Crippen LogP contribution < -0.4 is 5.32 Å². The Morgan fingerprint density at radius 2 is 2.23 bits per heavy atom. The summed E-state index contributed by atoms with van der Waals surface area (Å²) in [7, 11) is 0. The maximum atomic E-state index is 12.5. The van der Waals surface area contributed by atoms with Gasteiger partial charge in [-0.05, 0) is 18.8 Å². The number of likely N-dealkylation sites (tertiary alicyclic amines) is 1. The molecule has 3 rings (SSSR count). The molecule has 9 heteroatoms. The Labute approximate surface area is 160 Å². The van der Waals surface area contributed by atoms with Gasteiger partial charge in [-0.2, -0.15) is 0 Å². The molecular formula is C17H22N4O3S2. The summed E-state index contributed by atoms with van der Waals surface area (Å²) < 4.78 is 0. The lowest BCUT2D eigenvalue weighted by atomic mass is 10.0. The molecular weight excluding hydrogens is 372 g/mol. The number of hydrogen-bond acceptors (Lipinski definition) is 7. The van der Waals surface area contributed by atoms with Gasteiger partial charge in [-0.15, -0.1) is 22.7 Å². The molecule has 2 amide bonds. The molecule has 26 heavy (non-hydrogen) atoms. The van der Waals surface area contributed by atoms with Crippen LogP contribution in [0.3, 0.4) is 0 Å². The van der Waals surface area contributed by atoms with E-state index in [0.717, 1.165) is 11.4 Å². The maximum Gasteiger partial charge on any atom is 0.273 e. The highest BCUT2D eigenvalue weighted by atomic mass is 32.1. The van der Waals surface area contributed by atoms with E-state index in [9.17, 15) is 14.7 Å². The van der Waals surface area contributed by atoms with Crippen LogP contribution in [0.2, 0.25) is 0 Å². The topological polar surface area (TPSA) is 95.4 Å². The van der Waals surface area contributed by atoms with E-state index in [1.165, 1.54) is 22.7 Å². The summed E-state index contributed by atoms with van der Waals surface area (Å²) in [5.74, 6) is 0.0172. The Bertz CT molecular complexity index is 760. The van der Waals surface area contributed by atoms with Crippen molar-refractivity contribution in [3.05, 3.63) is 32.7 Å². The highest BCUT2D eigenvalue weighted by molar-refractivity contribution is 7.11. The molecule has 7 nitrogen and oxygen atoms in total. The molecule has 1 aliphatic rings. The van der Waals surface area contributed by atoms with Gasteiger partial charge in [0, 0.05) is 18.5 Å². The van der Waals surface area contributed by atoms with Crippen molar-refractivity contribution in [1.29, 1.82) is 0 Å². The Kier molecular flexibility index (Phi) is 6.00. The molecule has 3 heterocycles. The lowest BCUT2D eigenvalue weighted by molar-refractivity contribution is 0.0759. The first kappa shape index (κ1) is 18.9. The fraction of sp³-hybridized carbons (Fsp3) is 0.529. The number of aliphatic hydroxyl groups excluding tert-OH is 1. The van der Waals surface area contributed by atoms with Crippen LogP contribution in [0.25, 0.3) is 0 Å². The van der Waals surface area contributed by atoms with Crippen molar-refractivity contribution in [3.8, 4) is 0 Å². The first-order valence-corrected chi connectivity index (χ1v) is 10.3. The first-order chi connectivity index (χ1) is 12.4. The number of nitrogens with zero attached hydrogens (tertiary/aromatic N) is 3. The lowest BCUT2D eigenvalue weighted by Crippen LogP contribution is -2.31. The normalized spacial score (nSPS) is 18.3. The number of carbonyl (C=O) groups is 2. The molecule has 0 spiro atoms. The number of amides is 2. The van der Waals surface area contributed by atoms with Crippen LogP contribution in [0.5, 0.6) is 0 Å². The summed E-state index contributed by atoms with van der Waals surface area (Å²) >= 11 is 2.67. The molecule has 2 aromatic heterocycles. The van der Waals surface area contributed by atoms with Crippen LogP contribution in [0, 0.1) is 5.92 Å². The number of aliphatic hydroxyl groups is 1. The standard InChI is InChI=1S/C17H22N4O3S2/c1-10(2)5-12(19-15(23)14-6-18-9-26-14)16-20-13(8-25-16)17(24)21-4-3-11(22)7-21/h6,8-12,22H,3-5,7H2,1-2H3,(H,19,23)/t11-,12+/m1/s1. The van der Waals surface area contributed by atoms with Gasteiger partial charge in [-0.25, -0.2) is 4.98 Å². The van der Waals surface area contributed by atoms with Gasteiger partial charge in [0.05, 0.1) is 23.9 Å². The number of hydrogen-bond donors (Lipinski definition) is 2. The minimum Gasteiger partial charge on any atom is -0.391 e. The highest BCUT2D eigenvalue weighted by Crippen LogP contribution is 2.26. The monoisotopic (exact) mass is 394 g/mol. The van der Waals surface area contributed by atoms with Gasteiger partial charge in [0.2, 0.25) is 0 Å². The van der Waals surface area contributed by atoms with Crippen molar-refractivity contribution in [2.75, 3.05) is 13.1 Å². The summed E-state index contributed by atoms with van der Waals surface area (Å²) in [4.78, 5) is 35.5. The zero-order valence-electron chi connectivity index (χ0n) is 14.7. The SMILES string of the molecule is CC(C)C[C@H](NC(=O)c1cncs1)c1nc(C(=O)N2CC[C@@H](O)C2)cs1. The molecule has 0 saturated carbocycles. The maximum absolute atomic E-state index is 12.5. The zero-order valence-corrected chi connectivity index (χ0v) is 16.3. The van der Waals surface area contributed by atoms with E-state index in [1.807, 2.05) is 0 Å². The third-order valence-corrected chi connectivity index (χ3v) is 5.89. The van der Waals surface area contributed by atoms with Gasteiger partial charge < -0.3 is 15.3 Å². The molecule has 0 aliphatic carbocycles. The van der Waals surface area contributed by atoms with Crippen molar-refractivity contribution in [2.45, 2.75) is 38.8 Å². The molecule has 0 unspecified atom stereocenters. The van der Waals surface area contributed by atoms with Gasteiger partial charge in [0.25, 0.3) is 11.8 Å². The predicted octanol–water partition coefficient (Wildman–Crippen LogP) is 2.32. The molecule has 2 N–H and O–H groups in total. The van der Waals surface area contributed by atoms with Gasteiger partial charge in [-0.3, -0.25) is 14.6 Å². The Balaban J connectivity index is 1.73. The van der Waals surface area contributed by atoms with E-state index in [1.54, 1.807) is 22.0 Å².